The van der Waals surface area contributed by atoms with Crippen molar-refractivity contribution in [2.45, 2.75) is 53.0 Å². The molecular formula is C26H38N6O3S2. The Labute approximate surface area is 226 Å². The molecule has 1 aliphatic rings. The zero-order valence-corrected chi connectivity index (χ0v) is 23.9. The number of pyridine rings is 1. The van der Waals surface area contributed by atoms with Crippen molar-refractivity contribution in [3.63, 3.8) is 0 Å². The van der Waals surface area contributed by atoms with Crippen LogP contribution in [0.25, 0.3) is 4.91 Å². The Kier molecular flexibility index (Phi) is 11.2. The molecule has 1 fully saturated rings. The zero-order valence-electron chi connectivity index (χ0n) is 22.3. The van der Waals surface area contributed by atoms with E-state index in [1.807, 2.05) is 19.9 Å². The Balaban J connectivity index is 2.01. The van der Waals surface area contributed by atoms with Gasteiger partial charge >= 0.3 is 0 Å². The van der Waals surface area contributed by atoms with Gasteiger partial charge in [0.1, 0.15) is 22.6 Å². The molecule has 202 valence electrons. The van der Waals surface area contributed by atoms with Gasteiger partial charge in [-0.05, 0) is 55.8 Å². The number of rotatable bonds is 13. The van der Waals surface area contributed by atoms with Crippen LogP contribution in [0.1, 0.15) is 52.7 Å². The summed E-state index contributed by atoms with van der Waals surface area (Å²) in [6.45, 7) is 14.1. The van der Waals surface area contributed by atoms with E-state index >= 15 is 0 Å². The van der Waals surface area contributed by atoms with Crippen molar-refractivity contribution < 1.29 is 13.7 Å². The fourth-order valence-electron chi connectivity index (χ4n) is 3.69. The summed E-state index contributed by atoms with van der Waals surface area (Å²) in [4.78, 5) is 15.6. The first-order valence-corrected chi connectivity index (χ1v) is 14.7. The van der Waals surface area contributed by atoms with E-state index < -0.39 is 11.0 Å². The number of nitrogens with one attached hydrogen (secondary N) is 3. The molecule has 9 nitrogen and oxygen atoms in total. The van der Waals surface area contributed by atoms with E-state index in [1.165, 1.54) is 18.9 Å². The highest BCUT2D eigenvalue weighted by Crippen LogP contribution is 2.40. The van der Waals surface area contributed by atoms with Crippen LogP contribution in [0, 0.1) is 5.92 Å². The van der Waals surface area contributed by atoms with Crippen LogP contribution in [0.4, 0.5) is 11.8 Å². The Morgan fingerprint density at radius 3 is 2.78 bits per heavy atom. The molecular weight excluding hydrogens is 508 g/mol. The molecule has 0 aromatic carbocycles. The average molecular weight is 547 g/mol. The van der Waals surface area contributed by atoms with Gasteiger partial charge in [-0.3, -0.25) is 4.72 Å². The van der Waals surface area contributed by atoms with Crippen LogP contribution in [0.15, 0.2) is 41.6 Å². The fraction of sp³-hybridized carbons (Fsp3) is 0.500. The standard InChI is InChI=1S/C26H38N6O3S2/c1-7-18(5)23(35-21-11-12-22(31-25(21)34-6)32-37(33)8-2)24(36-17(3)4)20-13-15-28-26(30-20)29-19-10-9-14-27-16-19/h11-13,15,18-19,27H,3,7-10,14,16H2,1-2,4-6H3,(H,31,32)(H,28,29,30)/b24-23+. The summed E-state index contributed by atoms with van der Waals surface area (Å²) >= 11 is 1.52. The molecule has 0 saturated carbocycles. The summed E-state index contributed by atoms with van der Waals surface area (Å²) in [5, 5.41) is 6.88. The maximum atomic E-state index is 11.9. The third kappa shape index (κ3) is 8.44. The predicted molar refractivity (Wildman–Crippen MR) is 154 cm³/mol. The summed E-state index contributed by atoms with van der Waals surface area (Å²) < 4.78 is 26.8. The molecule has 37 heavy (non-hydrogen) atoms. The van der Waals surface area contributed by atoms with Gasteiger partial charge in [0, 0.05) is 30.5 Å². The predicted octanol–water partition coefficient (Wildman–Crippen LogP) is 5.20. The maximum absolute atomic E-state index is 11.9. The Morgan fingerprint density at radius 2 is 2.14 bits per heavy atom. The average Bonchev–Trinajstić information content (AvgIpc) is 2.91. The van der Waals surface area contributed by atoms with Gasteiger partial charge in [0.05, 0.1) is 17.7 Å². The van der Waals surface area contributed by atoms with E-state index in [0.29, 0.717) is 35.2 Å². The minimum atomic E-state index is -1.21. The van der Waals surface area contributed by atoms with Crippen LogP contribution in [0.3, 0.4) is 0 Å². The van der Waals surface area contributed by atoms with Gasteiger partial charge in [-0.1, -0.05) is 39.1 Å². The number of piperidine rings is 1. The lowest BCUT2D eigenvalue weighted by Crippen LogP contribution is -2.38. The minimum absolute atomic E-state index is 0.0749. The number of ether oxygens (including phenoxy) is 2. The van der Waals surface area contributed by atoms with E-state index in [4.69, 9.17) is 14.5 Å². The molecule has 1 aliphatic heterocycles. The van der Waals surface area contributed by atoms with Crippen LogP contribution in [0.2, 0.25) is 0 Å². The summed E-state index contributed by atoms with van der Waals surface area (Å²) in [5.74, 6) is 3.10. The molecule has 3 heterocycles. The summed E-state index contributed by atoms with van der Waals surface area (Å²) in [7, 11) is 0.322. The molecule has 2 aromatic heterocycles. The first kappa shape index (κ1) is 28.9. The van der Waals surface area contributed by atoms with Crippen molar-refractivity contribution in [2.24, 2.45) is 5.92 Å². The third-order valence-corrected chi connectivity index (χ3v) is 7.72. The van der Waals surface area contributed by atoms with E-state index in [0.717, 1.165) is 53.6 Å². The van der Waals surface area contributed by atoms with Crippen molar-refractivity contribution in [3.8, 4) is 11.6 Å². The SMILES string of the molecule is C=C(C)S/C(=C(/Oc1ccc(NS(=O)CC)nc1OC)C(C)CC)c1ccnc(NC2CCCNC2)n1. The second kappa shape index (κ2) is 14.3. The molecule has 3 N–H and O–H groups in total. The quantitative estimate of drug-likeness (QED) is 0.292. The molecule has 2 aromatic rings. The van der Waals surface area contributed by atoms with E-state index in [2.05, 4.69) is 45.8 Å². The molecule has 3 rings (SSSR count). The Morgan fingerprint density at radius 1 is 1.32 bits per heavy atom. The van der Waals surface area contributed by atoms with Crippen LogP contribution >= 0.6 is 11.8 Å². The van der Waals surface area contributed by atoms with Gasteiger partial charge < -0.3 is 20.1 Å². The van der Waals surface area contributed by atoms with Crippen molar-refractivity contribution in [1.29, 1.82) is 0 Å². The number of anilines is 2. The number of aromatic nitrogens is 3. The van der Waals surface area contributed by atoms with Gasteiger partial charge in [0.25, 0.3) is 5.88 Å². The number of allylic oxidation sites excluding steroid dienone is 2. The highest BCUT2D eigenvalue weighted by Gasteiger charge is 2.23. The third-order valence-electron chi connectivity index (χ3n) is 5.80. The summed E-state index contributed by atoms with van der Waals surface area (Å²) in [6, 6.07) is 5.69. The number of thioether (sulfide) groups is 1. The van der Waals surface area contributed by atoms with Crippen LogP contribution < -0.4 is 24.8 Å². The normalized spacial score (nSPS) is 17.8. The molecule has 3 unspecified atom stereocenters. The van der Waals surface area contributed by atoms with Crippen molar-refractivity contribution in [3.05, 3.63) is 47.3 Å². The number of methoxy groups -OCH3 is 1. The van der Waals surface area contributed by atoms with E-state index in [1.54, 1.807) is 18.3 Å². The second-order valence-electron chi connectivity index (χ2n) is 8.80. The molecule has 3 atom stereocenters. The summed E-state index contributed by atoms with van der Waals surface area (Å²) in [5.41, 5.74) is 0.758. The lowest BCUT2D eigenvalue weighted by atomic mass is 10.1. The fourth-order valence-corrected chi connectivity index (χ4v) is 5.09. The highest BCUT2D eigenvalue weighted by molar-refractivity contribution is 8.11. The van der Waals surface area contributed by atoms with Crippen LogP contribution in [-0.2, 0) is 11.0 Å². The minimum Gasteiger partial charge on any atom is -0.478 e. The highest BCUT2D eigenvalue weighted by atomic mass is 32.2. The molecule has 0 spiro atoms. The van der Waals surface area contributed by atoms with Crippen LogP contribution in [-0.4, -0.2) is 51.2 Å². The monoisotopic (exact) mass is 546 g/mol. The van der Waals surface area contributed by atoms with E-state index in [-0.39, 0.29) is 5.92 Å². The second-order valence-corrected chi connectivity index (χ2v) is 11.6. The smallest absolute Gasteiger partial charge is 0.259 e. The van der Waals surface area contributed by atoms with Crippen molar-refractivity contribution in [2.75, 3.05) is 36.0 Å². The molecule has 0 radical (unpaired) electrons. The molecule has 1 saturated heterocycles. The zero-order chi connectivity index (χ0) is 26.8. The first-order chi connectivity index (χ1) is 17.8. The Bertz CT molecular complexity index is 1120. The largest absolute Gasteiger partial charge is 0.478 e. The van der Waals surface area contributed by atoms with Gasteiger partial charge in [-0.2, -0.15) is 4.98 Å². The van der Waals surface area contributed by atoms with Gasteiger partial charge in [0.15, 0.2) is 5.75 Å². The van der Waals surface area contributed by atoms with Crippen LogP contribution in [0.5, 0.6) is 11.6 Å². The first-order valence-electron chi connectivity index (χ1n) is 12.6. The van der Waals surface area contributed by atoms with Gasteiger partial charge in [-0.15, -0.1) is 0 Å². The lowest BCUT2D eigenvalue weighted by Gasteiger charge is -2.24. The van der Waals surface area contributed by atoms with Crippen molar-refractivity contribution in [1.82, 2.24) is 20.3 Å². The molecule has 0 amide bonds. The van der Waals surface area contributed by atoms with Gasteiger partial charge in [0.2, 0.25) is 5.95 Å². The van der Waals surface area contributed by atoms with Gasteiger partial charge in [-0.25, -0.2) is 14.2 Å². The number of hydrogen-bond acceptors (Lipinski definition) is 9. The topological polar surface area (TPSA) is 110 Å². The van der Waals surface area contributed by atoms with Crippen molar-refractivity contribution >= 4 is 39.4 Å². The number of hydrogen-bond donors (Lipinski definition) is 3. The molecule has 0 bridgehead atoms. The molecule has 0 aliphatic carbocycles. The maximum Gasteiger partial charge on any atom is 0.259 e. The summed E-state index contributed by atoms with van der Waals surface area (Å²) in [6.07, 6.45) is 4.82. The number of nitrogens with zero attached hydrogens (tertiary/aromatic N) is 3. The molecule has 11 heteroatoms. The Hall–Kier alpha value is -2.63. The lowest BCUT2D eigenvalue weighted by molar-refractivity contribution is 0.320. The van der Waals surface area contributed by atoms with E-state index in [9.17, 15) is 4.21 Å².